The second-order valence-electron chi connectivity index (χ2n) is 6.67. The van der Waals surface area contributed by atoms with E-state index in [4.69, 9.17) is 10.5 Å². The van der Waals surface area contributed by atoms with Gasteiger partial charge in [0.2, 0.25) is 0 Å². The molecule has 0 spiro atoms. The molecule has 1 unspecified atom stereocenters. The number of ether oxygens (including phenoxy) is 1. The second-order valence-corrected chi connectivity index (χ2v) is 6.67. The van der Waals surface area contributed by atoms with Crippen LogP contribution in [0.2, 0.25) is 0 Å². The van der Waals surface area contributed by atoms with E-state index in [1.165, 1.54) is 11.1 Å². The summed E-state index contributed by atoms with van der Waals surface area (Å²) in [6, 6.07) is 6.31. The number of nitrogens with two attached hydrogens (primary N) is 1. The summed E-state index contributed by atoms with van der Waals surface area (Å²) in [4.78, 5) is 13.9. The molecule has 5 nitrogen and oxygen atoms in total. The normalized spacial score (nSPS) is 12.7. The van der Waals surface area contributed by atoms with Crippen molar-refractivity contribution in [2.75, 3.05) is 25.0 Å². The standard InChI is InChI=1S/C17H29N3O2/c1-12-7-8-15(13(2)9-12)20(6)14(10-18)11-19-16(21)22-17(3,4)5/h7-9,14H,10-11,18H2,1-6H3,(H,19,21). The molecule has 0 aliphatic heterocycles. The highest BCUT2D eigenvalue weighted by atomic mass is 16.6. The summed E-state index contributed by atoms with van der Waals surface area (Å²) >= 11 is 0. The molecule has 1 rings (SSSR count). The van der Waals surface area contributed by atoms with Gasteiger partial charge < -0.3 is 20.7 Å². The second kappa shape index (κ2) is 7.49. The smallest absolute Gasteiger partial charge is 0.407 e. The molecule has 1 aromatic rings. The van der Waals surface area contributed by atoms with Crippen molar-refractivity contribution in [1.82, 2.24) is 5.32 Å². The molecule has 22 heavy (non-hydrogen) atoms. The number of hydrogen-bond acceptors (Lipinski definition) is 4. The van der Waals surface area contributed by atoms with Gasteiger partial charge in [-0.3, -0.25) is 0 Å². The highest BCUT2D eigenvalue weighted by molar-refractivity contribution is 5.67. The molecule has 3 N–H and O–H groups in total. The number of hydrogen-bond donors (Lipinski definition) is 2. The van der Waals surface area contributed by atoms with Gasteiger partial charge in [-0.15, -0.1) is 0 Å². The van der Waals surface area contributed by atoms with Crippen LogP contribution in [0, 0.1) is 13.8 Å². The molecule has 5 heteroatoms. The maximum Gasteiger partial charge on any atom is 0.407 e. The molecule has 0 fully saturated rings. The Hall–Kier alpha value is -1.75. The largest absolute Gasteiger partial charge is 0.444 e. The summed E-state index contributed by atoms with van der Waals surface area (Å²) in [7, 11) is 1.99. The van der Waals surface area contributed by atoms with Gasteiger partial charge in [0, 0.05) is 25.8 Å². The van der Waals surface area contributed by atoms with Crippen LogP contribution in [0.1, 0.15) is 31.9 Å². The van der Waals surface area contributed by atoms with Gasteiger partial charge >= 0.3 is 6.09 Å². The van der Waals surface area contributed by atoms with Gasteiger partial charge in [-0.2, -0.15) is 0 Å². The van der Waals surface area contributed by atoms with Crippen LogP contribution in [0.4, 0.5) is 10.5 Å². The van der Waals surface area contributed by atoms with E-state index in [0.29, 0.717) is 13.1 Å². The molecule has 0 radical (unpaired) electrons. The van der Waals surface area contributed by atoms with E-state index in [-0.39, 0.29) is 6.04 Å². The summed E-state index contributed by atoms with van der Waals surface area (Å²) in [6.45, 7) is 10.6. The van der Waals surface area contributed by atoms with Crippen molar-refractivity contribution in [3.05, 3.63) is 29.3 Å². The van der Waals surface area contributed by atoms with Crippen LogP contribution in [-0.2, 0) is 4.74 Å². The van der Waals surface area contributed by atoms with Crippen LogP contribution in [0.3, 0.4) is 0 Å². The first-order chi connectivity index (χ1) is 10.1. The summed E-state index contributed by atoms with van der Waals surface area (Å²) in [5.41, 5.74) is 8.91. The lowest BCUT2D eigenvalue weighted by Crippen LogP contribution is -2.47. The van der Waals surface area contributed by atoms with Crippen molar-refractivity contribution in [2.45, 2.75) is 46.3 Å². The Morgan fingerprint density at radius 1 is 1.36 bits per heavy atom. The fourth-order valence-corrected chi connectivity index (χ4v) is 2.29. The van der Waals surface area contributed by atoms with Crippen molar-refractivity contribution in [3.63, 3.8) is 0 Å². The van der Waals surface area contributed by atoms with Crippen LogP contribution in [0.25, 0.3) is 0 Å². The zero-order valence-electron chi connectivity index (χ0n) is 14.6. The molecule has 1 atom stereocenters. The molecule has 1 aromatic carbocycles. The predicted molar refractivity (Wildman–Crippen MR) is 91.4 cm³/mol. The molecule has 1 amide bonds. The molecule has 0 saturated heterocycles. The third-order valence-corrected chi connectivity index (χ3v) is 3.43. The first-order valence-corrected chi connectivity index (χ1v) is 7.61. The Labute approximate surface area is 133 Å². The molecule has 0 saturated carbocycles. The maximum absolute atomic E-state index is 11.8. The third-order valence-electron chi connectivity index (χ3n) is 3.43. The van der Waals surface area contributed by atoms with Gasteiger partial charge in [0.25, 0.3) is 0 Å². The number of nitrogens with zero attached hydrogens (tertiary/aromatic N) is 1. The third kappa shape index (κ3) is 5.56. The Kier molecular flexibility index (Phi) is 6.23. The SMILES string of the molecule is Cc1ccc(N(C)C(CN)CNC(=O)OC(C)(C)C)c(C)c1. The van der Waals surface area contributed by atoms with Crippen molar-refractivity contribution < 1.29 is 9.53 Å². The number of carbonyl (C=O) groups is 1. The monoisotopic (exact) mass is 307 g/mol. The molecule has 124 valence electrons. The van der Waals surface area contributed by atoms with Gasteiger partial charge in [0.15, 0.2) is 0 Å². The lowest BCUT2D eigenvalue weighted by molar-refractivity contribution is 0.0525. The highest BCUT2D eigenvalue weighted by Crippen LogP contribution is 2.21. The molecule has 0 bridgehead atoms. The Bertz CT molecular complexity index is 509. The van der Waals surface area contributed by atoms with E-state index in [0.717, 1.165) is 5.69 Å². The Morgan fingerprint density at radius 3 is 2.50 bits per heavy atom. The summed E-state index contributed by atoms with van der Waals surface area (Å²) in [5.74, 6) is 0. The number of benzene rings is 1. The van der Waals surface area contributed by atoms with Crippen LogP contribution >= 0.6 is 0 Å². The summed E-state index contributed by atoms with van der Waals surface area (Å²) in [5, 5.41) is 2.79. The van der Waals surface area contributed by atoms with E-state index in [1.807, 2.05) is 27.8 Å². The van der Waals surface area contributed by atoms with Gasteiger partial charge in [-0.25, -0.2) is 4.79 Å². The topological polar surface area (TPSA) is 67.6 Å². The Morgan fingerprint density at radius 2 is 2.00 bits per heavy atom. The van der Waals surface area contributed by atoms with Crippen LogP contribution < -0.4 is 16.0 Å². The number of carbonyl (C=O) groups excluding carboxylic acids is 1. The molecule has 0 heterocycles. The molecular weight excluding hydrogens is 278 g/mol. The first kappa shape index (κ1) is 18.3. The van der Waals surface area contributed by atoms with E-state index in [2.05, 4.69) is 42.3 Å². The zero-order chi connectivity index (χ0) is 16.9. The van der Waals surface area contributed by atoms with E-state index >= 15 is 0 Å². The lowest BCUT2D eigenvalue weighted by atomic mass is 10.1. The number of amides is 1. The average Bonchev–Trinajstić information content (AvgIpc) is 2.36. The maximum atomic E-state index is 11.8. The van der Waals surface area contributed by atoms with E-state index in [9.17, 15) is 4.79 Å². The molecular formula is C17H29N3O2. The zero-order valence-corrected chi connectivity index (χ0v) is 14.6. The molecule has 0 aliphatic carbocycles. The Balaban J connectivity index is 2.69. The fraction of sp³-hybridized carbons (Fsp3) is 0.588. The minimum Gasteiger partial charge on any atom is -0.444 e. The minimum atomic E-state index is -0.498. The molecule has 0 aliphatic rings. The number of rotatable bonds is 5. The summed E-state index contributed by atoms with van der Waals surface area (Å²) in [6.07, 6.45) is -0.417. The van der Waals surface area contributed by atoms with Crippen LogP contribution in [0.5, 0.6) is 0 Å². The number of alkyl carbamates (subject to hydrolysis) is 1. The van der Waals surface area contributed by atoms with Gasteiger partial charge in [0.05, 0.1) is 6.04 Å². The van der Waals surface area contributed by atoms with Crippen molar-refractivity contribution in [3.8, 4) is 0 Å². The quantitative estimate of drug-likeness (QED) is 0.877. The van der Waals surface area contributed by atoms with E-state index in [1.54, 1.807) is 0 Å². The van der Waals surface area contributed by atoms with Gasteiger partial charge in [0.1, 0.15) is 5.60 Å². The first-order valence-electron chi connectivity index (χ1n) is 7.61. The van der Waals surface area contributed by atoms with Crippen molar-refractivity contribution in [2.24, 2.45) is 5.73 Å². The van der Waals surface area contributed by atoms with Gasteiger partial charge in [-0.1, -0.05) is 17.7 Å². The average molecular weight is 307 g/mol. The number of nitrogens with one attached hydrogen (secondary N) is 1. The summed E-state index contributed by atoms with van der Waals surface area (Å²) < 4.78 is 5.25. The number of likely N-dealkylation sites (N-methyl/N-ethyl adjacent to an activating group) is 1. The number of anilines is 1. The minimum absolute atomic E-state index is 0.00826. The fourth-order valence-electron chi connectivity index (χ4n) is 2.29. The van der Waals surface area contributed by atoms with Crippen LogP contribution in [0.15, 0.2) is 18.2 Å². The van der Waals surface area contributed by atoms with Gasteiger partial charge in [-0.05, 0) is 46.2 Å². The van der Waals surface area contributed by atoms with Crippen molar-refractivity contribution >= 4 is 11.8 Å². The molecule has 0 aromatic heterocycles. The predicted octanol–water partition coefficient (Wildman–Crippen LogP) is 2.59. The number of aryl methyl sites for hydroxylation is 2. The lowest BCUT2D eigenvalue weighted by Gasteiger charge is -2.31. The van der Waals surface area contributed by atoms with E-state index < -0.39 is 11.7 Å². The van der Waals surface area contributed by atoms with Crippen LogP contribution in [-0.4, -0.2) is 37.9 Å². The highest BCUT2D eigenvalue weighted by Gasteiger charge is 2.19. The van der Waals surface area contributed by atoms with Crippen molar-refractivity contribution in [1.29, 1.82) is 0 Å².